The van der Waals surface area contributed by atoms with Crippen molar-refractivity contribution in [1.82, 2.24) is 9.21 Å². The number of ether oxygens (including phenoxy) is 1. The van der Waals surface area contributed by atoms with Crippen LogP contribution in [-0.4, -0.2) is 73.6 Å². The summed E-state index contributed by atoms with van der Waals surface area (Å²) in [6, 6.07) is 15.9. The van der Waals surface area contributed by atoms with Gasteiger partial charge in [0.2, 0.25) is 0 Å². The maximum Gasteiger partial charge on any atom is 0.323 e. The van der Waals surface area contributed by atoms with E-state index in [2.05, 4.69) is 10.6 Å². The number of fused-ring (bicyclic) bond motifs is 1. The van der Waals surface area contributed by atoms with Gasteiger partial charge in [0.05, 0.1) is 30.4 Å². The van der Waals surface area contributed by atoms with E-state index >= 15 is 0 Å². The minimum Gasteiger partial charge on any atom is -0.486 e. The van der Waals surface area contributed by atoms with Gasteiger partial charge in [-0.3, -0.25) is 4.79 Å². The van der Waals surface area contributed by atoms with Crippen molar-refractivity contribution in [2.75, 3.05) is 37.4 Å². The van der Waals surface area contributed by atoms with Crippen LogP contribution >= 0.6 is 11.3 Å². The highest BCUT2D eigenvalue weighted by atomic mass is 32.2. The number of hydrogen-bond donors (Lipinski definition) is 3. The van der Waals surface area contributed by atoms with Crippen molar-refractivity contribution in [3.8, 4) is 5.75 Å². The van der Waals surface area contributed by atoms with Crippen LogP contribution in [0.2, 0.25) is 0 Å². The molecule has 3 aromatic rings. The summed E-state index contributed by atoms with van der Waals surface area (Å²) in [5.41, 5.74) is 1.04. The van der Waals surface area contributed by atoms with Crippen LogP contribution in [0.25, 0.3) is 0 Å². The van der Waals surface area contributed by atoms with Gasteiger partial charge in [-0.2, -0.15) is 4.31 Å². The van der Waals surface area contributed by atoms with Gasteiger partial charge in [0.1, 0.15) is 10.3 Å². The van der Waals surface area contributed by atoms with E-state index in [0.29, 0.717) is 5.69 Å². The number of aliphatic hydroxyl groups excluding tert-OH is 1. The van der Waals surface area contributed by atoms with Crippen LogP contribution < -0.4 is 15.4 Å². The second-order valence-corrected chi connectivity index (χ2v) is 12.7. The van der Waals surface area contributed by atoms with Crippen LogP contribution in [0.5, 0.6) is 5.75 Å². The standard InChI is InChI=1S/C27H32N4O6S2/c1-18-15-31(19(2)17-32)26(33)21-11-7-12-22(29-27(34)28-20-9-5-4-6-10-20)25(21)37-23(18)16-30(3)39(35,36)24-13-8-14-38-24/h4-14,18-19,23,32H,15-17H2,1-3H3,(H2,28,29,34)/t18-,19+,23+/m1/s1. The highest BCUT2D eigenvalue weighted by Crippen LogP contribution is 2.35. The van der Waals surface area contributed by atoms with Crippen LogP contribution in [0.3, 0.4) is 0 Å². The Labute approximate surface area is 232 Å². The van der Waals surface area contributed by atoms with Crippen molar-refractivity contribution in [3.05, 3.63) is 71.6 Å². The average molecular weight is 573 g/mol. The number of anilines is 2. The molecule has 12 heteroatoms. The Balaban J connectivity index is 1.69. The number of para-hydroxylation sites is 2. The maximum absolute atomic E-state index is 13.6. The fourth-order valence-corrected chi connectivity index (χ4v) is 6.67. The lowest BCUT2D eigenvalue weighted by atomic mass is 9.99. The number of hydrogen-bond acceptors (Lipinski definition) is 7. The molecular weight excluding hydrogens is 540 g/mol. The second-order valence-electron chi connectivity index (χ2n) is 9.47. The van der Waals surface area contributed by atoms with Crippen LogP contribution in [0.1, 0.15) is 24.2 Å². The molecule has 39 heavy (non-hydrogen) atoms. The van der Waals surface area contributed by atoms with Gasteiger partial charge in [-0.15, -0.1) is 11.3 Å². The Kier molecular flexibility index (Phi) is 8.90. The molecule has 3 atom stereocenters. The maximum atomic E-state index is 13.6. The number of nitrogens with zero attached hydrogens (tertiary/aromatic N) is 2. The van der Waals surface area contributed by atoms with Gasteiger partial charge >= 0.3 is 6.03 Å². The Morgan fingerprint density at radius 2 is 1.90 bits per heavy atom. The van der Waals surface area contributed by atoms with E-state index in [4.69, 9.17) is 4.74 Å². The summed E-state index contributed by atoms with van der Waals surface area (Å²) in [7, 11) is -2.27. The molecule has 3 amide bonds. The molecule has 3 N–H and O–H groups in total. The van der Waals surface area contributed by atoms with Crippen molar-refractivity contribution >= 4 is 44.7 Å². The quantitative estimate of drug-likeness (QED) is 0.375. The molecule has 4 rings (SSSR count). The summed E-state index contributed by atoms with van der Waals surface area (Å²) in [6.07, 6.45) is -0.676. The van der Waals surface area contributed by atoms with Gasteiger partial charge in [0.15, 0.2) is 5.75 Å². The molecule has 0 saturated carbocycles. The number of carbonyl (C=O) groups excluding carboxylic acids is 2. The number of aliphatic hydroxyl groups is 1. The van der Waals surface area contributed by atoms with E-state index in [1.807, 2.05) is 13.0 Å². The molecule has 2 heterocycles. The molecule has 0 fully saturated rings. The Morgan fingerprint density at radius 3 is 2.56 bits per heavy atom. The first kappa shape index (κ1) is 28.6. The van der Waals surface area contributed by atoms with Crippen molar-refractivity contribution in [2.45, 2.75) is 30.2 Å². The van der Waals surface area contributed by atoms with Crippen LogP contribution in [0.15, 0.2) is 70.3 Å². The zero-order valence-corrected chi connectivity index (χ0v) is 23.5. The first-order chi connectivity index (χ1) is 18.6. The number of thiophene rings is 1. The topological polar surface area (TPSA) is 128 Å². The molecule has 10 nitrogen and oxygen atoms in total. The van der Waals surface area contributed by atoms with Crippen molar-refractivity contribution in [2.24, 2.45) is 5.92 Å². The fraction of sp³-hybridized carbons (Fsp3) is 0.333. The predicted molar refractivity (Wildman–Crippen MR) is 151 cm³/mol. The van der Waals surface area contributed by atoms with Crippen LogP contribution in [0.4, 0.5) is 16.2 Å². The number of urea groups is 1. The Hall–Kier alpha value is -3.45. The number of carbonyl (C=O) groups is 2. The number of sulfonamides is 1. The molecule has 1 aliphatic heterocycles. The van der Waals surface area contributed by atoms with Gasteiger partial charge in [-0.1, -0.05) is 37.3 Å². The van der Waals surface area contributed by atoms with Gasteiger partial charge in [-0.05, 0) is 42.6 Å². The first-order valence-electron chi connectivity index (χ1n) is 12.5. The van der Waals surface area contributed by atoms with Crippen molar-refractivity contribution < 1.29 is 27.9 Å². The molecular formula is C27H32N4O6S2. The molecule has 0 unspecified atom stereocenters. The number of nitrogens with one attached hydrogen (secondary N) is 2. The normalized spacial score (nSPS) is 18.5. The summed E-state index contributed by atoms with van der Waals surface area (Å²) in [6.45, 7) is 3.60. The number of amides is 3. The zero-order chi connectivity index (χ0) is 28.2. The van der Waals surface area contributed by atoms with Crippen molar-refractivity contribution in [1.29, 1.82) is 0 Å². The summed E-state index contributed by atoms with van der Waals surface area (Å²) in [5.74, 6) is -0.536. The summed E-state index contributed by atoms with van der Waals surface area (Å²) < 4.78 is 34.1. The molecule has 2 aromatic carbocycles. The third-order valence-corrected chi connectivity index (χ3v) is 9.76. The van der Waals surface area contributed by atoms with E-state index < -0.39 is 28.2 Å². The van der Waals surface area contributed by atoms with Gasteiger partial charge in [0, 0.05) is 25.2 Å². The molecule has 0 spiro atoms. The van der Waals surface area contributed by atoms with Gasteiger partial charge in [-0.25, -0.2) is 13.2 Å². The monoisotopic (exact) mass is 572 g/mol. The second kappa shape index (κ2) is 12.2. The third kappa shape index (κ3) is 6.41. The van der Waals surface area contributed by atoms with E-state index in [1.165, 1.54) is 11.4 Å². The van der Waals surface area contributed by atoms with Crippen LogP contribution in [-0.2, 0) is 10.0 Å². The molecule has 0 bridgehead atoms. The van der Waals surface area contributed by atoms with E-state index in [9.17, 15) is 23.1 Å². The van der Waals surface area contributed by atoms with E-state index in [0.717, 1.165) is 11.3 Å². The van der Waals surface area contributed by atoms with Gasteiger partial charge in [0.25, 0.3) is 15.9 Å². The Bertz CT molecular complexity index is 1400. The molecule has 208 valence electrons. The van der Waals surface area contributed by atoms with Gasteiger partial charge < -0.3 is 25.4 Å². The minimum atomic E-state index is -3.75. The minimum absolute atomic E-state index is 0.000915. The molecule has 0 aliphatic carbocycles. The number of likely N-dealkylation sites (N-methyl/N-ethyl adjacent to an activating group) is 1. The largest absolute Gasteiger partial charge is 0.486 e. The fourth-order valence-electron chi connectivity index (χ4n) is 4.28. The molecule has 1 aromatic heterocycles. The van der Waals surface area contributed by atoms with E-state index in [-0.39, 0.29) is 52.7 Å². The summed E-state index contributed by atoms with van der Waals surface area (Å²) in [5, 5.41) is 17.1. The SMILES string of the molecule is C[C@@H]1CN([C@@H](C)CO)C(=O)c2cccc(NC(=O)Nc3ccccc3)c2O[C@H]1CN(C)S(=O)(=O)c1cccs1. The summed E-state index contributed by atoms with van der Waals surface area (Å²) >= 11 is 1.13. The van der Waals surface area contributed by atoms with Crippen LogP contribution in [0, 0.1) is 5.92 Å². The number of rotatable bonds is 8. The average Bonchev–Trinajstić information content (AvgIpc) is 3.47. The molecule has 0 radical (unpaired) electrons. The Morgan fingerprint density at radius 1 is 1.15 bits per heavy atom. The first-order valence-corrected chi connectivity index (χ1v) is 14.8. The predicted octanol–water partition coefficient (Wildman–Crippen LogP) is 3.93. The molecule has 1 aliphatic rings. The van der Waals surface area contributed by atoms with Crippen molar-refractivity contribution in [3.63, 3.8) is 0 Å². The number of benzene rings is 2. The lowest BCUT2D eigenvalue weighted by Gasteiger charge is -2.38. The highest BCUT2D eigenvalue weighted by Gasteiger charge is 2.36. The lowest BCUT2D eigenvalue weighted by Crippen LogP contribution is -2.50. The summed E-state index contributed by atoms with van der Waals surface area (Å²) in [4.78, 5) is 28.0. The zero-order valence-electron chi connectivity index (χ0n) is 21.9. The smallest absolute Gasteiger partial charge is 0.323 e. The third-order valence-electron chi connectivity index (χ3n) is 6.57. The highest BCUT2D eigenvalue weighted by molar-refractivity contribution is 7.91. The van der Waals surface area contributed by atoms with E-state index in [1.54, 1.807) is 71.8 Å². The molecule has 0 saturated heterocycles. The lowest BCUT2D eigenvalue weighted by molar-refractivity contribution is 0.0389.